The summed E-state index contributed by atoms with van der Waals surface area (Å²) < 4.78 is 2.01. The molecule has 0 saturated heterocycles. The number of nitrogens with zero attached hydrogens (tertiary/aromatic N) is 3. The van der Waals surface area contributed by atoms with Gasteiger partial charge in [-0.1, -0.05) is 27.7 Å². The van der Waals surface area contributed by atoms with Crippen LogP contribution in [-0.4, -0.2) is 14.5 Å². The smallest absolute Gasteiger partial charge is 0.0995 e. The molecule has 16 heavy (non-hydrogen) atoms. The van der Waals surface area contributed by atoms with E-state index in [1.165, 1.54) is 0 Å². The Labute approximate surface area is 97.2 Å². The summed E-state index contributed by atoms with van der Waals surface area (Å²) in [6.07, 6.45) is 7.46. The predicted molar refractivity (Wildman–Crippen MR) is 66.8 cm³/mol. The van der Waals surface area contributed by atoms with Crippen LogP contribution in [0.15, 0.2) is 37.1 Å². The van der Waals surface area contributed by atoms with Gasteiger partial charge >= 0.3 is 0 Å². The first-order chi connectivity index (χ1) is 7.77. The zero-order valence-corrected chi connectivity index (χ0v) is 10.4. The first-order valence-corrected chi connectivity index (χ1v) is 5.71. The quantitative estimate of drug-likeness (QED) is 0.771. The van der Waals surface area contributed by atoms with E-state index in [1.807, 2.05) is 36.9 Å². The molecule has 0 aliphatic carbocycles. The number of hydrogen-bond acceptors (Lipinski definition) is 2. The Kier molecular flexibility index (Phi) is 4.70. The molecule has 2 aromatic heterocycles. The van der Waals surface area contributed by atoms with Crippen molar-refractivity contribution < 1.29 is 0 Å². The topological polar surface area (TPSA) is 30.7 Å². The summed E-state index contributed by atoms with van der Waals surface area (Å²) in [7, 11) is 0. The fourth-order valence-electron chi connectivity index (χ4n) is 1.29. The maximum atomic E-state index is 4.33. The van der Waals surface area contributed by atoms with Gasteiger partial charge in [-0.3, -0.25) is 4.98 Å². The summed E-state index contributed by atoms with van der Waals surface area (Å²) in [5.74, 6) is 0.470. The maximum Gasteiger partial charge on any atom is 0.0995 e. The summed E-state index contributed by atoms with van der Waals surface area (Å²) in [5.41, 5.74) is 2.21. The minimum atomic E-state index is 0.470. The van der Waals surface area contributed by atoms with Crippen molar-refractivity contribution in [1.29, 1.82) is 0 Å². The maximum absolute atomic E-state index is 4.33. The summed E-state index contributed by atoms with van der Waals surface area (Å²) in [4.78, 5) is 8.31. The molecule has 3 heteroatoms. The van der Waals surface area contributed by atoms with Crippen LogP contribution in [-0.2, 0) is 0 Å². The van der Waals surface area contributed by atoms with Gasteiger partial charge in [0.15, 0.2) is 0 Å². The van der Waals surface area contributed by atoms with Gasteiger partial charge in [0.25, 0.3) is 0 Å². The van der Waals surface area contributed by atoms with Gasteiger partial charge in [0.05, 0.1) is 12.0 Å². The number of imidazole rings is 1. The lowest BCUT2D eigenvalue weighted by Gasteiger charge is -2.00. The SMILES string of the molecule is CC.CC(C)c1cn(-c2ccncc2)cn1. The summed E-state index contributed by atoms with van der Waals surface area (Å²) in [6.45, 7) is 8.28. The van der Waals surface area contributed by atoms with E-state index in [9.17, 15) is 0 Å². The predicted octanol–water partition coefficient (Wildman–Crippen LogP) is 3.42. The lowest BCUT2D eigenvalue weighted by Crippen LogP contribution is -1.90. The van der Waals surface area contributed by atoms with E-state index in [1.54, 1.807) is 12.4 Å². The molecular weight excluding hydrogens is 198 g/mol. The highest BCUT2D eigenvalue weighted by molar-refractivity contribution is 5.29. The molecule has 0 saturated carbocycles. The van der Waals surface area contributed by atoms with Crippen molar-refractivity contribution in [2.45, 2.75) is 33.6 Å². The van der Waals surface area contributed by atoms with Crippen LogP contribution >= 0.6 is 0 Å². The van der Waals surface area contributed by atoms with Crippen LogP contribution < -0.4 is 0 Å². The first-order valence-electron chi connectivity index (χ1n) is 5.71. The molecule has 2 aromatic rings. The second kappa shape index (κ2) is 6.05. The van der Waals surface area contributed by atoms with Gasteiger partial charge < -0.3 is 4.57 Å². The third-order valence-corrected chi connectivity index (χ3v) is 2.15. The standard InChI is InChI=1S/C11H13N3.C2H6/c1-9(2)11-7-14(8-13-11)10-3-5-12-6-4-10;1-2/h3-9H,1-2H3;1-2H3. The highest BCUT2D eigenvalue weighted by Gasteiger charge is 2.03. The largest absolute Gasteiger partial charge is 0.306 e. The van der Waals surface area contributed by atoms with Gasteiger partial charge in [0.2, 0.25) is 0 Å². The molecule has 0 atom stereocenters. The van der Waals surface area contributed by atoms with E-state index >= 15 is 0 Å². The van der Waals surface area contributed by atoms with Crippen molar-refractivity contribution >= 4 is 0 Å². The lowest BCUT2D eigenvalue weighted by atomic mass is 10.2. The van der Waals surface area contributed by atoms with Gasteiger partial charge in [0, 0.05) is 24.3 Å². The second-order valence-corrected chi connectivity index (χ2v) is 3.57. The summed E-state index contributed by atoms with van der Waals surface area (Å²) in [6, 6.07) is 3.93. The normalized spacial score (nSPS) is 9.81. The second-order valence-electron chi connectivity index (χ2n) is 3.57. The molecule has 0 N–H and O–H groups in total. The minimum absolute atomic E-state index is 0.470. The van der Waals surface area contributed by atoms with Crippen LogP contribution in [0.2, 0.25) is 0 Å². The molecule has 86 valence electrons. The van der Waals surface area contributed by atoms with Gasteiger partial charge in [-0.2, -0.15) is 0 Å². The molecule has 2 rings (SSSR count). The first kappa shape index (κ1) is 12.4. The molecule has 0 bridgehead atoms. The van der Waals surface area contributed by atoms with Crippen LogP contribution in [0.1, 0.15) is 39.3 Å². The molecule has 0 aliphatic rings. The fraction of sp³-hybridized carbons (Fsp3) is 0.385. The number of hydrogen-bond donors (Lipinski definition) is 0. The highest BCUT2D eigenvalue weighted by Crippen LogP contribution is 2.13. The Morgan fingerprint density at radius 2 is 1.75 bits per heavy atom. The number of aromatic nitrogens is 3. The Morgan fingerprint density at radius 3 is 2.25 bits per heavy atom. The molecule has 0 radical (unpaired) electrons. The Hall–Kier alpha value is -1.64. The molecule has 0 amide bonds. The highest BCUT2D eigenvalue weighted by atomic mass is 15.0. The van der Waals surface area contributed by atoms with Crippen molar-refractivity contribution in [3.8, 4) is 5.69 Å². The van der Waals surface area contributed by atoms with E-state index in [-0.39, 0.29) is 0 Å². The Bertz CT molecular complexity index is 404. The van der Waals surface area contributed by atoms with Crippen LogP contribution in [0.3, 0.4) is 0 Å². The summed E-state index contributed by atoms with van der Waals surface area (Å²) in [5, 5.41) is 0. The Balaban J connectivity index is 0.000000606. The zero-order valence-electron chi connectivity index (χ0n) is 10.4. The van der Waals surface area contributed by atoms with Gasteiger partial charge in [-0.05, 0) is 18.1 Å². The molecule has 0 unspecified atom stereocenters. The molecular formula is C13H19N3. The fourth-order valence-corrected chi connectivity index (χ4v) is 1.29. The van der Waals surface area contributed by atoms with Gasteiger partial charge in [0.1, 0.15) is 0 Å². The van der Waals surface area contributed by atoms with Crippen molar-refractivity contribution in [2.24, 2.45) is 0 Å². The van der Waals surface area contributed by atoms with Crippen molar-refractivity contribution in [2.75, 3.05) is 0 Å². The molecule has 0 aromatic carbocycles. The molecule has 2 heterocycles. The third-order valence-electron chi connectivity index (χ3n) is 2.15. The number of pyridine rings is 1. The average molecular weight is 217 g/mol. The third kappa shape index (κ3) is 2.92. The minimum Gasteiger partial charge on any atom is -0.306 e. The van der Waals surface area contributed by atoms with E-state index in [2.05, 4.69) is 30.0 Å². The molecule has 0 spiro atoms. The van der Waals surface area contributed by atoms with Crippen LogP contribution in [0.5, 0.6) is 0 Å². The molecule has 0 aliphatic heterocycles. The lowest BCUT2D eigenvalue weighted by molar-refractivity contribution is 0.831. The van der Waals surface area contributed by atoms with Crippen molar-refractivity contribution in [1.82, 2.24) is 14.5 Å². The van der Waals surface area contributed by atoms with Crippen molar-refractivity contribution in [3.05, 3.63) is 42.7 Å². The number of rotatable bonds is 2. The van der Waals surface area contributed by atoms with E-state index in [0.717, 1.165) is 11.4 Å². The molecule has 3 nitrogen and oxygen atoms in total. The monoisotopic (exact) mass is 217 g/mol. The average Bonchev–Trinajstić information content (AvgIpc) is 2.82. The van der Waals surface area contributed by atoms with E-state index in [4.69, 9.17) is 0 Å². The molecule has 0 fully saturated rings. The van der Waals surface area contributed by atoms with Gasteiger partial charge in [-0.15, -0.1) is 0 Å². The van der Waals surface area contributed by atoms with Crippen molar-refractivity contribution in [3.63, 3.8) is 0 Å². The van der Waals surface area contributed by atoms with Crippen LogP contribution in [0.25, 0.3) is 5.69 Å². The van der Waals surface area contributed by atoms with E-state index in [0.29, 0.717) is 5.92 Å². The Morgan fingerprint density at radius 1 is 1.12 bits per heavy atom. The van der Waals surface area contributed by atoms with Crippen LogP contribution in [0.4, 0.5) is 0 Å². The van der Waals surface area contributed by atoms with Crippen LogP contribution in [0, 0.1) is 0 Å². The summed E-state index contributed by atoms with van der Waals surface area (Å²) >= 11 is 0. The van der Waals surface area contributed by atoms with Gasteiger partial charge in [-0.25, -0.2) is 4.98 Å². The van der Waals surface area contributed by atoms with E-state index < -0.39 is 0 Å². The zero-order chi connectivity index (χ0) is 12.0.